The van der Waals surface area contributed by atoms with Crippen LogP contribution in [-0.4, -0.2) is 0 Å². The lowest BCUT2D eigenvalue weighted by Gasteiger charge is -2.21. The van der Waals surface area contributed by atoms with E-state index in [1.165, 1.54) is 108 Å². The molecule has 10 aromatic rings. The minimum absolute atomic E-state index is 0.0163. The van der Waals surface area contributed by atoms with Gasteiger partial charge in [-0.2, -0.15) is 0 Å². The first kappa shape index (κ1) is 29.7. The van der Waals surface area contributed by atoms with E-state index in [0.29, 0.717) is 0 Å². The smallest absolute Gasteiger partial charge is 0.0437 e. The van der Waals surface area contributed by atoms with Gasteiger partial charge >= 0.3 is 0 Å². The van der Waals surface area contributed by atoms with Gasteiger partial charge < -0.3 is 0 Å². The molecular weight excluding hydrogens is 645 g/mol. The van der Waals surface area contributed by atoms with Crippen molar-refractivity contribution in [3.05, 3.63) is 181 Å². The fraction of sp³-hybridized carbons (Fsp3) is 0.0588. The first-order valence-corrected chi connectivity index (χ1v) is 19.0. The second-order valence-corrected chi connectivity index (χ2v) is 15.8. The lowest BCUT2D eigenvalue weighted by molar-refractivity contribution is 0.661. The fourth-order valence-electron chi connectivity index (χ4n) is 9.28. The maximum Gasteiger partial charge on any atom is 0.0437 e. The number of thiophene rings is 1. The highest BCUT2D eigenvalue weighted by molar-refractivity contribution is 7.27. The molecule has 9 aromatic carbocycles. The molecule has 0 saturated heterocycles. The van der Waals surface area contributed by atoms with E-state index < -0.39 is 0 Å². The van der Waals surface area contributed by atoms with Crippen LogP contribution in [0.3, 0.4) is 0 Å². The summed E-state index contributed by atoms with van der Waals surface area (Å²) in [6, 6.07) is 63.3. The van der Waals surface area contributed by atoms with Crippen LogP contribution in [0.5, 0.6) is 0 Å². The van der Waals surface area contributed by atoms with Crippen molar-refractivity contribution in [3.63, 3.8) is 0 Å². The zero-order chi connectivity index (χ0) is 34.6. The van der Waals surface area contributed by atoms with Crippen molar-refractivity contribution in [3.8, 4) is 44.5 Å². The van der Waals surface area contributed by atoms with Crippen molar-refractivity contribution >= 4 is 63.8 Å². The molecule has 0 nitrogen and oxygen atoms in total. The summed E-state index contributed by atoms with van der Waals surface area (Å²) in [5, 5.41) is 10.4. The highest BCUT2D eigenvalue weighted by Gasteiger charge is 2.36. The molecule has 0 spiro atoms. The maximum atomic E-state index is 2.47. The topological polar surface area (TPSA) is 0 Å². The van der Waals surface area contributed by atoms with E-state index in [1.54, 1.807) is 0 Å². The Kier molecular flexibility index (Phi) is 6.27. The average Bonchev–Trinajstić information content (AvgIpc) is 3.69. The molecule has 11 rings (SSSR count). The molecule has 1 aliphatic rings. The molecule has 52 heavy (non-hydrogen) atoms. The Morgan fingerprint density at radius 3 is 1.58 bits per heavy atom. The van der Waals surface area contributed by atoms with Gasteiger partial charge in [0.2, 0.25) is 0 Å². The summed E-state index contributed by atoms with van der Waals surface area (Å²) in [7, 11) is 0. The van der Waals surface area contributed by atoms with E-state index in [0.717, 1.165) is 0 Å². The number of benzene rings is 9. The van der Waals surface area contributed by atoms with Crippen molar-refractivity contribution < 1.29 is 0 Å². The SMILES string of the molecule is CC1(C)c2ccccc2-c2c1ccc1c2sc2c3ccccc3c(-c3cccc(-c4c5ccccc5c(-c5ccccc5)c5ccccc45)c3)cc12. The third-order valence-corrected chi connectivity index (χ3v) is 12.9. The zero-order valence-corrected chi connectivity index (χ0v) is 29.9. The van der Waals surface area contributed by atoms with Gasteiger partial charge in [0.25, 0.3) is 0 Å². The number of fused-ring (bicyclic) bond motifs is 11. The van der Waals surface area contributed by atoms with Crippen LogP contribution in [0.15, 0.2) is 170 Å². The molecule has 0 unspecified atom stereocenters. The monoisotopic (exact) mass is 678 g/mol. The molecule has 1 aliphatic carbocycles. The van der Waals surface area contributed by atoms with E-state index >= 15 is 0 Å². The maximum absolute atomic E-state index is 2.47. The average molecular weight is 679 g/mol. The van der Waals surface area contributed by atoms with Crippen LogP contribution in [0.25, 0.3) is 97.0 Å². The van der Waals surface area contributed by atoms with Crippen molar-refractivity contribution in [1.82, 2.24) is 0 Å². The minimum atomic E-state index is -0.0163. The van der Waals surface area contributed by atoms with Gasteiger partial charge in [0.1, 0.15) is 0 Å². The van der Waals surface area contributed by atoms with Crippen LogP contribution >= 0.6 is 11.3 Å². The van der Waals surface area contributed by atoms with Crippen LogP contribution in [0.4, 0.5) is 0 Å². The molecule has 0 amide bonds. The highest BCUT2D eigenvalue weighted by Crippen LogP contribution is 2.55. The molecule has 0 atom stereocenters. The predicted octanol–water partition coefficient (Wildman–Crippen LogP) is 14.8. The summed E-state index contributed by atoms with van der Waals surface area (Å²) in [5.74, 6) is 0. The van der Waals surface area contributed by atoms with Gasteiger partial charge in [-0.05, 0) is 89.1 Å². The Morgan fingerprint density at radius 1 is 0.327 bits per heavy atom. The molecule has 0 bridgehead atoms. The molecule has 0 saturated carbocycles. The van der Waals surface area contributed by atoms with Crippen molar-refractivity contribution in [2.75, 3.05) is 0 Å². The summed E-state index contributed by atoms with van der Waals surface area (Å²) < 4.78 is 2.77. The molecule has 0 radical (unpaired) electrons. The predicted molar refractivity (Wildman–Crippen MR) is 226 cm³/mol. The third-order valence-electron chi connectivity index (χ3n) is 11.6. The van der Waals surface area contributed by atoms with Gasteiger partial charge in [0, 0.05) is 36.5 Å². The molecule has 0 N–H and O–H groups in total. The van der Waals surface area contributed by atoms with Crippen LogP contribution in [-0.2, 0) is 5.41 Å². The summed E-state index contributed by atoms with van der Waals surface area (Å²) in [6.07, 6.45) is 0. The molecule has 1 heteroatoms. The minimum Gasteiger partial charge on any atom is -0.134 e. The van der Waals surface area contributed by atoms with Gasteiger partial charge in [-0.25, -0.2) is 0 Å². The van der Waals surface area contributed by atoms with Crippen LogP contribution < -0.4 is 0 Å². The standard InChI is InChI=1S/C51H34S/c1-51(2)44-26-13-12-25-41(44)48-45(51)28-27-40-43-30-42(34-19-6-11-24-39(34)49(43)52-50(40)48)32-17-14-18-33(29-32)47-37-22-9-7-20-35(37)46(31-15-4-3-5-16-31)36-21-8-10-23-38(36)47/h3-30H,1-2H3. The first-order valence-electron chi connectivity index (χ1n) is 18.2. The zero-order valence-electron chi connectivity index (χ0n) is 29.1. The lowest BCUT2D eigenvalue weighted by atomic mass is 9.82. The van der Waals surface area contributed by atoms with Crippen molar-refractivity contribution in [2.24, 2.45) is 0 Å². The third kappa shape index (κ3) is 4.09. The largest absolute Gasteiger partial charge is 0.134 e. The van der Waals surface area contributed by atoms with Gasteiger partial charge in [-0.3, -0.25) is 0 Å². The number of hydrogen-bond donors (Lipinski definition) is 0. The molecule has 0 aliphatic heterocycles. The van der Waals surface area contributed by atoms with Gasteiger partial charge in [0.15, 0.2) is 0 Å². The molecule has 1 heterocycles. The second kappa shape index (κ2) is 11.0. The van der Waals surface area contributed by atoms with Crippen LogP contribution in [0.2, 0.25) is 0 Å². The molecule has 1 aromatic heterocycles. The van der Waals surface area contributed by atoms with E-state index in [1.807, 2.05) is 11.3 Å². The fourth-order valence-corrected chi connectivity index (χ4v) is 10.7. The Morgan fingerprint density at radius 2 is 0.865 bits per heavy atom. The summed E-state index contributed by atoms with van der Waals surface area (Å²) in [6.45, 7) is 4.75. The summed E-state index contributed by atoms with van der Waals surface area (Å²) >= 11 is 1.97. The Bertz CT molecular complexity index is 3030. The Balaban J connectivity index is 1.17. The normalized spacial score (nSPS) is 13.3. The van der Waals surface area contributed by atoms with Crippen molar-refractivity contribution in [1.29, 1.82) is 0 Å². The van der Waals surface area contributed by atoms with E-state index in [9.17, 15) is 0 Å². The Labute approximate surface area is 307 Å². The van der Waals surface area contributed by atoms with E-state index in [4.69, 9.17) is 0 Å². The first-order chi connectivity index (χ1) is 25.6. The number of rotatable bonds is 3. The summed E-state index contributed by atoms with van der Waals surface area (Å²) in [4.78, 5) is 0. The van der Waals surface area contributed by atoms with Crippen molar-refractivity contribution in [2.45, 2.75) is 19.3 Å². The Hall–Kier alpha value is -6.02. The lowest BCUT2D eigenvalue weighted by Crippen LogP contribution is -2.14. The molecule has 0 fully saturated rings. The molecular formula is C51H34S. The van der Waals surface area contributed by atoms with Crippen LogP contribution in [0.1, 0.15) is 25.0 Å². The van der Waals surface area contributed by atoms with Crippen LogP contribution in [0, 0.1) is 0 Å². The van der Waals surface area contributed by atoms with Gasteiger partial charge in [-0.1, -0.05) is 172 Å². The number of hydrogen-bond acceptors (Lipinski definition) is 1. The summed E-state index contributed by atoms with van der Waals surface area (Å²) in [5.41, 5.74) is 13.2. The molecule has 244 valence electrons. The van der Waals surface area contributed by atoms with E-state index in [2.05, 4.69) is 184 Å². The van der Waals surface area contributed by atoms with E-state index in [-0.39, 0.29) is 5.41 Å². The quantitative estimate of drug-likeness (QED) is 0.163. The van der Waals surface area contributed by atoms with Gasteiger partial charge in [-0.15, -0.1) is 11.3 Å². The van der Waals surface area contributed by atoms with Gasteiger partial charge in [0.05, 0.1) is 0 Å². The second-order valence-electron chi connectivity index (χ2n) is 14.8. The highest BCUT2D eigenvalue weighted by atomic mass is 32.1.